The van der Waals surface area contributed by atoms with Crippen molar-refractivity contribution in [2.24, 2.45) is 0 Å². The molecule has 1 aliphatic heterocycles. The molecule has 2 aromatic rings. The summed E-state index contributed by atoms with van der Waals surface area (Å²) >= 11 is 1.18. The van der Waals surface area contributed by atoms with Gasteiger partial charge in [0.05, 0.1) is 5.75 Å². The van der Waals surface area contributed by atoms with Gasteiger partial charge in [-0.25, -0.2) is 4.98 Å². The predicted molar refractivity (Wildman–Crippen MR) is 101 cm³/mol. The number of aromatic nitrogens is 1. The maximum absolute atomic E-state index is 12.7. The van der Waals surface area contributed by atoms with Crippen molar-refractivity contribution in [3.63, 3.8) is 0 Å². The van der Waals surface area contributed by atoms with Crippen LogP contribution >= 0.6 is 11.8 Å². The monoisotopic (exact) mass is 396 g/mol. The molecule has 8 nitrogen and oxygen atoms in total. The number of nitrogen functional groups attached to an aromatic ring is 1. The van der Waals surface area contributed by atoms with Crippen molar-refractivity contribution in [1.82, 2.24) is 4.90 Å². The number of fused-ring (bicyclic) bond motifs is 1. The molecule has 28 heavy (non-hydrogen) atoms. The maximum atomic E-state index is 12.7. The standard InChI is InChI=1S/C19H17N5O3S/c1-2-24(9-12-3-4-15-16(5-12)27-11-26-15)17(25)10-28-19-14(8-21)6-13(7-20)18(22)23-19/h3-6H,2,9-11H2,1H3,(H2,22,23)/p+1. The van der Waals surface area contributed by atoms with Crippen LogP contribution in [0.1, 0.15) is 23.6 Å². The van der Waals surface area contributed by atoms with Crippen LogP contribution in [0.15, 0.2) is 29.3 Å². The number of nitrogens with one attached hydrogen (secondary N) is 1. The highest BCUT2D eigenvalue weighted by Crippen LogP contribution is 2.33. The largest absolute Gasteiger partial charge is 0.454 e. The average Bonchev–Trinajstić information content (AvgIpc) is 3.18. The number of carbonyl (C=O) groups excluding carboxylic acids is 1. The van der Waals surface area contributed by atoms with E-state index in [1.807, 2.05) is 37.3 Å². The molecule has 0 aliphatic carbocycles. The van der Waals surface area contributed by atoms with Gasteiger partial charge in [-0.2, -0.15) is 10.5 Å². The Labute approximate surface area is 166 Å². The first-order valence-corrected chi connectivity index (χ1v) is 9.49. The number of ether oxygens (including phenoxy) is 2. The number of amides is 1. The number of thioether (sulfide) groups is 1. The molecule has 0 radical (unpaired) electrons. The van der Waals surface area contributed by atoms with Gasteiger partial charge in [-0.15, -0.1) is 0 Å². The first kappa shape index (κ1) is 19.3. The highest BCUT2D eigenvalue weighted by molar-refractivity contribution is 7.99. The first-order valence-electron chi connectivity index (χ1n) is 8.50. The molecule has 0 fully saturated rings. The van der Waals surface area contributed by atoms with Gasteiger partial charge in [-0.3, -0.25) is 10.5 Å². The van der Waals surface area contributed by atoms with Gasteiger partial charge < -0.3 is 14.4 Å². The molecule has 0 bridgehead atoms. The number of carbonyl (C=O) groups is 1. The second-order valence-electron chi connectivity index (χ2n) is 5.95. The number of anilines is 1. The third-order valence-electron chi connectivity index (χ3n) is 4.20. The lowest BCUT2D eigenvalue weighted by molar-refractivity contribution is -0.410. The summed E-state index contributed by atoms with van der Waals surface area (Å²) in [6.07, 6.45) is 0. The van der Waals surface area contributed by atoms with Gasteiger partial charge in [0.1, 0.15) is 23.3 Å². The summed E-state index contributed by atoms with van der Waals surface area (Å²) in [7, 11) is 0. The van der Waals surface area contributed by atoms with E-state index in [0.29, 0.717) is 29.6 Å². The summed E-state index contributed by atoms with van der Waals surface area (Å²) in [6, 6.07) is 11.0. The molecule has 0 saturated carbocycles. The zero-order valence-electron chi connectivity index (χ0n) is 15.2. The number of nitrogens with two attached hydrogens (primary N) is 1. The Morgan fingerprint density at radius 3 is 2.71 bits per heavy atom. The molecule has 0 spiro atoms. The van der Waals surface area contributed by atoms with Crippen LogP contribution in [-0.2, 0) is 11.3 Å². The van der Waals surface area contributed by atoms with Gasteiger partial charge in [0.15, 0.2) is 16.5 Å². The fourth-order valence-electron chi connectivity index (χ4n) is 2.70. The summed E-state index contributed by atoms with van der Waals surface area (Å²) in [4.78, 5) is 17.2. The van der Waals surface area contributed by atoms with Crippen molar-refractivity contribution in [3.8, 4) is 23.6 Å². The summed E-state index contributed by atoms with van der Waals surface area (Å²) in [5.41, 5.74) is 7.20. The number of aromatic amines is 1. The summed E-state index contributed by atoms with van der Waals surface area (Å²) in [5, 5.41) is 18.7. The van der Waals surface area contributed by atoms with Gasteiger partial charge >= 0.3 is 0 Å². The Balaban J connectivity index is 1.67. The number of hydrogen-bond donors (Lipinski definition) is 1. The van der Waals surface area contributed by atoms with Crippen LogP contribution in [-0.4, -0.2) is 29.9 Å². The minimum Gasteiger partial charge on any atom is -0.454 e. The number of rotatable bonds is 6. The molecule has 9 heteroatoms. The van der Waals surface area contributed by atoms with Gasteiger partial charge in [-0.05, 0) is 30.7 Å². The Morgan fingerprint density at radius 2 is 2.00 bits per heavy atom. The number of benzene rings is 1. The maximum Gasteiger partial charge on any atom is 0.289 e. The van der Waals surface area contributed by atoms with Crippen LogP contribution in [0, 0.1) is 22.7 Å². The topological polar surface area (TPSA) is 127 Å². The Bertz CT molecular complexity index is 996. The Morgan fingerprint density at radius 1 is 1.25 bits per heavy atom. The second kappa shape index (κ2) is 8.51. The van der Waals surface area contributed by atoms with Crippen LogP contribution in [0.5, 0.6) is 11.5 Å². The lowest BCUT2D eigenvalue weighted by Gasteiger charge is -2.21. The van der Waals surface area contributed by atoms with E-state index in [2.05, 4.69) is 4.98 Å². The van der Waals surface area contributed by atoms with E-state index in [1.54, 1.807) is 4.90 Å². The van der Waals surface area contributed by atoms with Crippen molar-refractivity contribution < 1.29 is 19.3 Å². The van der Waals surface area contributed by atoms with E-state index in [-0.39, 0.29) is 35.4 Å². The van der Waals surface area contributed by atoms with E-state index in [1.165, 1.54) is 17.8 Å². The molecule has 2 heterocycles. The van der Waals surface area contributed by atoms with Crippen LogP contribution in [0.2, 0.25) is 0 Å². The molecule has 1 aromatic carbocycles. The normalized spacial score (nSPS) is 11.5. The van der Waals surface area contributed by atoms with Gasteiger partial charge in [-0.1, -0.05) is 17.8 Å². The molecule has 0 unspecified atom stereocenters. The molecule has 142 valence electrons. The Hall–Kier alpha value is -3.43. The number of hydrogen-bond acceptors (Lipinski definition) is 7. The van der Waals surface area contributed by atoms with E-state index in [4.69, 9.17) is 20.5 Å². The van der Waals surface area contributed by atoms with Crippen LogP contribution in [0.25, 0.3) is 0 Å². The van der Waals surface area contributed by atoms with Crippen LogP contribution in [0.4, 0.5) is 5.82 Å². The quantitative estimate of drug-likeness (QED) is 0.736. The van der Waals surface area contributed by atoms with Gasteiger partial charge in [0, 0.05) is 13.1 Å². The minimum atomic E-state index is -0.0783. The lowest BCUT2D eigenvalue weighted by atomic mass is 10.2. The number of nitriles is 2. The summed E-state index contributed by atoms with van der Waals surface area (Å²) in [5.74, 6) is 1.60. The Kier molecular flexibility index (Phi) is 5.87. The molecule has 0 atom stereocenters. The lowest BCUT2D eigenvalue weighted by Crippen LogP contribution is -2.32. The van der Waals surface area contributed by atoms with E-state index in [0.717, 1.165) is 5.56 Å². The van der Waals surface area contributed by atoms with E-state index >= 15 is 0 Å². The molecule has 1 aliphatic rings. The molecule has 1 aromatic heterocycles. The number of H-pyrrole nitrogens is 1. The second-order valence-corrected chi connectivity index (χ2v) is 6.93. The molecule has 3 N–H and O–H groups in total. The third kappa shape index (κ3) is 4.11. The summed E-state index contributed by atoms with van der Waals surface area (Å²) in [6.45, 7) is 3.09. The molecule has 0 saturated heterocycles. The fraction of sp³-hybridized carbons (Fsp3) is 0.263. The highest BCUT2D eigenvalue weighted by atomic mass is 32.2. The average molecular weight is 396 g/mol. The van der Waals surface area contributed by atoms with Crippen molar-refractivity contribution in [3.05, 3.63) is 41.0 Å². The number of pyridine rings is 1. The molecular weight excluding hydrogens is 378 g/mol. The SMILES string of the molecule is CCN(Cc1ccc2c(c1)OCO2)C(=O)CSc1[nH+]c(N)c(C#N)cc1C#N. The molecule has 3 rings (SSSR count). The zero-order chi connectivity index (χ0) is 20.1. The van der Waals surface area contributed by atoms with Crippen LogP contribution < -0.4 is 20.2 Å². The molecule has 1 amide bonds. The highest BCUT2D eigenvalue weighted by Gasteiger charge is 2.19. The number of nitrogens with zero attached hydrogens (tertiary/aromatic N) is 3. The first-order chi connectivity index (χ1) is 13.5. The van der Waals surface area contributed by atoms with Crippen molar-refractivity contribution in [2.75, 3.05) is 24.8 Å². The third-order valence-corrected chi connectivity index (χ3v) is 5.20. The van der Waals surface area contributed by atoms with Gasteiger partial charge in [0.25, 0.3) is 5.82 Å². The van der Waals surface area contributed by atoms with Gasteiger partial charge in [0.2, 0.25) is 12.7 Å². The van der Waals surface area contributed by atoms with Crippen molar-refractivity contribution in [2.45, 2.75) is 18.5 Å². The minimum absolute atomic E-state index is 0.0783. The van der Waals surface area contributed by atoms with E-state index in [9.17, 15) is 10.1 Å². The fourth-order valence-corrected chi connectivity index (χ4v) is 3.59. The molecular formula is C19H18N5O3S+. The predicted octanol–water partition coefficient (Wildman–Crippen LogP) is 1.70. The van der Waals surface area contributed by atoms with Crippen molar-refractivity contribution >= 4 is 23.5 Å². The summed E-state index contributed by atoms with van der Waals surface area (Å²) < 4.78 is 10.7. The zero-order valence-corrected chi connectivity index (χ0v) is 16.0. The van der Waals surface area contributed by atoms with E-state index < -0.39 is 0 Å². The van der Waals surface area contributed by atoms with Crippen LogP contribution in [0.3, 0.4) is 0 Å². The van der Waals surface area contributed by atoms with Crippen molar-refractivity contribution in [1.29, 1.82) is 10.5 Å². The smallest absolute Gasteiger partial charge is 0.289 e.